The zero-order chi connectivity index (χ0) is 13.2. The zero-order valence-electron chi connectivity index (χ0n) is 11.0. The molecule has 1 aliphatic carbocycles. The quantitative estimate of drug-likeness (QED) is 0.837. The number of hydrogen-bond donors (Lipinski definition) is 1. The number of hydrogen-bond acceptors (Lipinski definition) is 3. The van der Waals surface area contributed by atoms with E-state index in [4.69, 9.17) is 22.7 Å². The van der Waals surface area contributed by atoms with E-state index >= 15 is 0 Å². The number of benzene rings is 1. The number of para-hydroxylation sites is 1. The van der Waals surface area contributed by atoms with Crippen LogP contribution in [0.5, 0.6) is 5.75 Å². The van der Waals surface area contributed by atoms with E-state index in [2.05, 4.69) is 4.90 Å². The SMILES string of the molecule is NC(=S)c1ccccc1OCCN1CC2CCC1C2. The Bertz CT molecular complexity index is 477. The van der Waals surface area contributed by atoms with Gasteiger partial charge in [0.05, 0.1) is 5.56 Å². The lowest BCUT2D eigenvalue weighted by Crippen LogP contribution is -2.35. The lowest BCUT2D eigenvalue weighted by Gasteiger charge is -2.26. The Labute approximate surface area is 119 Å². The first-order valence-electron chi connectivity index (χ1n) is 6.99. The maximum atomic E-state index is 5.86. The van der Waals surface area contributed by atoms with Crippen LogP contribution in [0.2, 0.25) is 0 Å². The molecule has 2 N–H and O–H groups in total. The van der Waals surface area contributed by atoms with Gasteiger partial charge in [0.1, 0.15) is 17.3 Å². The van der Waals surface area contributed by atoms with Crippen LogP contribution < -0.4 is 10.5 Å². The summed E-state index contributed by atoms with van der Waals surface area (Å²) >= 11 is 5.04. The van der Waals surface area contributed by atoms with Crippen LogP contribution in [-0.4, -0.2) is 35.6 Å². The number of ether oxygens (including phenoxy) is 1. The van der Waals surface area contributed by atoms with Crippen molar-refractivity contribution < 1.29 is 4.74 Å². The molecule has 2 unspecified atom stereocenters. The molecule has 3 nitrogen and oxygen atoms in total. The second kappa shape index (κ2) is 5.47. The first-order valence-corrected chi connectivity index (χ1v) is 7.40. The topological polar surface area (TPSA) is 38.5 Å². The summed E-state index contributed by atoms with van der Waals surface area (Å²) in [4.78, 5) is 2.97. The fourth-order valence-electron chi connectivity index (χ4n) is 3.37. The summed E-state index contributed by atoms with van der Waals surface area (Å²) in [6, 6.07) is 8.54. The van der Waals surface area contributed by atoms with Gasteiger partial charge in [0.2, 0.25) is 0 Å². The van der Waals surface area contributed by atoms with Crippen LogP contribution in [0, 0.1) is 5.92 Å². The molecule has 0 radical (unpaired) electrons. The predicted molar refractivity (Wildman–Crippen MR) is 80.5 cm³/mol. The highest BCUT2D eigenvalue weighted by atomic mass is 32.1. The van der Waals surface area contributed by atoms with Crippen LogP contribution in [0.15, 0.2) is 24.3 Å². The van der Waals surface area contributed by atoms with Crippen molar-refractivity contribution in [1.82, 2.24) is 4.90 Å². The maximum Gasteiger partial charge on any atom is 0.129 e. The Kier molecular flexibility index (Phi) is 3.71. The largest absolute Gasteiger partial charge is 0.492 e. The monoisotopic (exact) mass is 276 g/mol. The fourth-order valence-corrected chi connectivity index (χ4v) is 3.54. The van der Waals surface area contributed by atoms with Crippen LogP contribution in [0.3, 0.4) is 0 Å². The van der Waals surface area contributed by atoms with Crippen LogP contribution >= 0.6 is 12.2 Å². The van der Waals surface area contributed by atoms with Crippen LogP contribution in [0.4, 0.5) is 0 Å². The Morgan fingerprint density at radius 2 is 2.21 bits per heavy atom. The minimum Gasteiger partial charge on any atom is -0.492 e. The van der Waals surface area contributed by atoms with Crippen molar-refractivity contribution >= 4 is 17.2 Å². The summed E-state index contributed by atoms with van der Waals surface area (Å²) in [6.45, 7) is 2.97. The van der Waals surface area contributed by atoms with Gasteiger partial charge < -0.3 is 10.5 Å². The number of likely N-dealkylation sites (tertiary alicyclic amines) is 1. The molecule has 2 fully saturated rings. The Hall–Kier alpha value is -1.13. The van der Waals surface area contributed by atoms with E-state index in [-0.39, 0.29) is 0 Å². The molecule has 1 saturated carbocycles. The van der Waals surface area contributed by atoms with Gasteiger partial charge in [0, 0.05) is 19.1 Å². The molecule has 2 atom stereocenters. The van der Waals surface area contributed by atoms with Gasteiger partial charge in [-0.25, -0.2) is 0 Å². The molecule has 1 aliphatic heterocycles. The third kappa shape index (κ3) is 2.74. The molecule has 0 amide bonds. The fraction of sp³-hybridized carbons (Fsp3) is 0.533. The van der Waals surface area contributed by atoms with Gasteiger partial charge in [-0.3, -0.25) is 4.90 Å². The Balaban J connectivity index is 1.54. The minimum absolute atomic E-state index is 0.399. The highest BCUT2D eigenvalue weighted by Crippen LogP contribution is 2.36. The number of fused-ring (bicyclic) bond motifs is 2. The van der Waals surface area contributed by atoms with Crippen molar-refractivity contribution in [2.75, 3.05) is 19.7 Å². The number of nitrogens with two attached hydrogens (primary N) is 1. The molecule has 2 bridgehead atoms. The average Bonchev–Trinajstić information content (AvgIpc) is 3.01. The van der Waals surface area contributed by atoms with Gasteiger partial charge in [-0.15, -0.1) is 0 Å². The lowest BCUT2D eigenvalue weighted by atomic mass is 10.1. The molecule has 19 heavy (non-hydrogen) atoms. The number of rotatable bonds is 5. The summed E-state index contributed by atoms with van der Waals surface area (Å²) in [5.74, 6) is 1.74. The standard InChI is InChI=1S/C15H20N2OS/c16-15(19)13-3-1-2-4-14(13)18-8-7-17-10-11-5-6-12(17)9-11/h1-4,11-12H,5-10H2,(H2,16,19). The van der Waals surface area contributed by atoms with E-state index in [9.17, 15) is 0 Å². The summed E-state index contributed by atoms with van der Waals surface area (Å²) in [7, 11) is 0. The van der Waals surface area contributed by atoms with E-state index in [1.165, 1.54) is 25.8 Å². The van der Waals surface area contributed by atoms with Crippen LogP contribution in [0.25, 0.3) is 0 Å². The predicted octanol–water partition coefficient (Wildman–Crippen LogP) is 2.18. The molecule has 1 heterocycles. The molecule has 102 valence electrons. The van der Waals surface area contributed by atoms with Crippen molar-refractivity contribution in [2.24, 2.45) is 11.7 Å². The first-order chi connectivity index (χ1) is 9.24. The van der Waals surface area contributed by atoms with Gasteiger partial charge in [-0.2, -0.15) is 0 Å². The molecule has 2 aliphatic rings. The van der Waals surface area contributed by atoms with Crippen LogP contribution in [0.1, 0.15) is 24.8 Å². The first kappa shape index (κ1) is 12.9. The number of piperidine rings is 1. The summed E-state index contributed by atoms with van der Waals surface area (Å²) in [5, 5.41) is 0. The molecule has 3 rings (SSSR count). The van der Waals surface area contributed by atoms with Gasteiger partial charge in [-0.1, -0.05) is 24.4 Å². The third-order valence-corrected chi connectivity index (χ3v) is 4.53. The Morgan fingerprint density at radius 3 is 2.89 bits per heavy atom. The molecule has 1 saturated heterocycles. The third-order valence-electron chi connectivity index (χ3n) is 4.31. The summed E-state index contributed by atoms with van der Waals surface area (Å²) < 4.78 is 5.86. The molecular weight excluding hydrogens is 256 g/mol. The second-order valence-corrected chi connectivity index (χ2v) is 5.98. The smallest absolute Gasteiger partial charge is 0.129 e. The Morgan fingerprint density at radius 1 is 1.37 bits per heavy atom. The number of nitrogens with zero attached hydrogens (tertiary/aromatic N) is 1. The molecule has 0 spiro atoms. The average molecular weight is 276 g/mol. The van der Waals surface area contributed by atoms with Gasteiger partial charge in [0.15, 0.2) is 0 Å². The zero-order valence-corrected chi connectivity index (χ0v) is 11.9. The van der Waals surface area contributed by atoms with Gasteiger partial charge in [-0.05, 0) is 37.3 Å². The highest BCUT2D eigenvalue weighted by molar-refractivity contribution is 7.80. The second-order valence-electron chi connectivity index (χ2n) is 5.54. The maximum absolute atomic E-state index is 5.86. The van der Waals surface area contributed by atoms with E-state index in [1.54, 1.807) is 0 Å². The molecule has 4 heteroatoms. The van der Waals surface area contributed by atoms with Crippen LogP contribution in [-0.2, 0) is 0 Å². The molecule has 0 aromatic heterocycles. The minimum atomic E-state index is 0.399. The van der Waals surface area contributed by atoms with Crippen molar-refractivity contribution in [1.29, 1.82) is 0 Å². The normalized spacial score (nSPS) is 25.7. The van der Waals surface area contributed by atoms with Crippen molar-refractivity contribution in [2.45, 2.75) is 25.3 Å². The molecular formula is C15H20N2OS. The van der Waals surface area contributed by atoms with Gasteiger partial charge >= 0.3 is 0 Å². The van der Waals surface area contributed by atoms with Crippen molar-refractivity contribution in [3.8, 4) is 5.75 Å². The molecule has 1 aromatic carbocycles. The lowest BCUT2D eigenvalue weighted by molar-refractivity contribution is 0.172. The van der Waals surface area contributed by atoms with E-state index < -0.39 is 0 Å². The van der Waals surface area contributed by atoms with Crippen molar-refractivity contribution in [3.05, 3.63) is 29.8 Å². The van der Waals surface area contributed by atoms with E-state index in [0.717, 1.165) is 29.8 Å². The highest BCUT2D eigenvalue weighted by Gasteiger charge is 2.37. The summed E-state index contributed by atoms with van der Waals surface area (Å²) in [5.41, 5.74) is 6.53. The van der Waals surface area contributed by atoms with E-state index in [0.29, 0.717) is 11.6 Å². The summed E-state index contributed by atoms with van der Waals surface area (Å²) in [6.07, 6.45) is 4.18. The van der Waals surface area contributed by atoms with Crippen molar-refractivity contribution in [3.63, 3.8) is 0 Å². The number of thiocarbonyl (C=S) groups is 1. The van der Waals surface area contributed by atoms with Gasteiger partial charge in [0.25, 0.3) is 0 Å². The molecule has 1 aromatic rings. The van der Waals surface area contributed by atoms with E-state index in [1.807, 2.05) is 24.3 Å².